The van der Waals surface area contributed by atoms with Gasteiger partial charge in [0.1, 0.15) is 81.2 Å². The van der Waals surface area contributed by atoms with Gasteiger partial charge in [-0.05, 0) is 70.8 Å². The van der Waals surface area contributed by atoms with Crippen molar-refractivity contribution in [2.45, 2.75) is 13.2 Å². The molecule has 0 unspecified atom stereocenters. The van der Waals surface area contributed by atoms with E-state index in [1.54, 1.807) is 48.5 Å². The number of rotatable bonds is 17. The number of hydrogen-bond acceptors (Lipinski definition) is 22. The molecule has 0 aliphatic rings. The average Bonchev–Trinajstić information content (AvgIpc) is 3.25. The van der Waals surface area contributed by atoms with Crippen molar-refractivity contribution in [1.82, 2.24) is 0 Å². The molecule has 0 aliphatic carbocycles. The smallest absolute Gasteiger partial charge is 0.716 e. The molecule has 0 radical (unpaired) electrons. The van der Waals surface area contributed by atoms with Gasteiger partial charge in [0.15, 0.2) is 10.9 Å². The van der Waals surface area contributed by atoms with Crippen LogP contribution >= 0.6 is 0 Å². The summed E-state index contributed by atoms with van der Waals surface area (Å²) in [6.45, 7) is -0.349. The molecule has 0 N–H and O–H groups in total. The molecule has 0 spiro atoms. The van der Waals surface area contributed by atoms with Crippen molar-refractivity contribution in [3.05, 3.63) is 165 Å². The van der Waals surface area contributed by atoms with Crippen LogP contribution in [0.5, 0.6) is 34.5 Å². The molecule has 0 saturated carbocycles. The predicted octanol–water partition coefficient (Wildman–Crippen LogP) is -6.57. The number of fused-ring (bicyclic) bond motifs is 2. The summed E-state index contributed by atoms with van der Waals surface area (Å²) in [6.07, 6.45) is 0. The first-order valence-corrected chi connectivity index (χ1v) is 24.7. The van der Waals surface area contributed by atoms with Crippen molar-refractivity contribution in [2.75, 3.05) is 0 Å². The summed E-state index contributed by atoms with van der Waals surface area (Å²) in [6, 6.07) is 29.7. The minimum Gasteiger partial charge on any atom is -0.716 e. The van der Waals surface area contributed by atoms with E-state index < -0.39 is 64.0 Å². The zero-order chi connectivity index (χ0) is 50.2. The number of benzene rings is 6. The van der Waals surface area contributed by atoms with E-state index in [4.69, 9.17) is 18.3 Å². The van der Waals surface area contributed by atoms with Gasteiger partial charge in [0.05, 0.1) is 0 Å². The minimum atomic E-state index is -5.29. The molecule has 6 aromatic carbocycles. The Morgan fingerprint density at radius 1 is 0.365 bits per heavy atom. The van der Waals surface area contributed by atoms with Gasteiger partial charge in [-0.2, -0.15) is 0 Å². The van der Waals surface area contributed by atoms with Gasteiger partial charge in [-0.15, -0.1) is 0 Å². The first-order valence-electron chi connectivity index (χ1n) is 19.4. The van der Waals surface area contributed by atoms with E-state index in [2.05, 4.69) is 16.7 Å². The van der Waals surface area contributed by atoms with Gasteiger partial charge in [-0.1, -0.05) is 48.5 Å². The van der Waals surface area contributed by atoms with Crippen LogP contribution in [0, 0.1) is 0 Å². The zero-order valence-electron chi connectivity index (χ0n) is 38.7. The maximum absolute atomic E-state index is 13.4. The van der Waals surface area contributed by atoms with E-state index in [0.717, 1.165) is 71.8 Å². The van der Waals surface area contributed by atoms with Crippen LogP contribution in [-0.2, 0) is 54.8 Å². The fourth-order valence-electron chi connectivity index (χ4n) is 6.80. The Labute approximate surface area is 508 Å². The van der Waals surface area contributed by atoms with Crippen molar-refractivity contribution >= 4 is 63.5 Å². The molecule has 0 fully saturated rings. The molecule has 0 saturated heterocycles. The standard InChI is InChI=1S/C44H30O22S4.4Na/c45-35-21-37(29-9-13-31(14-10-29)63-67(47,48)49)61-41-19-33(65-69(53,54)55)17-39(43(35)41)59-23-25-1-5-27(6-2-25)28-7-3-26(4-8-28)24-60-40-18-34(66-70(56,57)58)20-42-44(40)36(46)22-38(62-42)30-11-15-32(16-12-30)64-68(50,51)52;;;;/h1-22H,23-24H2,(H,47,48,49)(H,50,51,52)(H,53,54,55)(H,56,57,58);;;;/q;4*+1/p-4. The van der Waals surface area contributed by atoms with Crippen LogP contribution in [0.1, 0.15) is 11.1 Å². The van der Waals surface area contributed by atoms with Gasteiger partial charge in [0.2, 0.25) is 0 Å². The van der Waals surface area contributed by atoms with Gasteiger partial charge in [0, 0.05) is 47.5 Å². The fourth-order valence-corrected chi connectivity index (χ4v) is 8.15. The maximum Gasteiger partial charge on any atom is 1.00 e. The second kappa shape index (κ2) is 25.6. The first-order chi connectivity index (χ1) is 32.9. The molecule has 2 aromatic heterocycles. The van der Waals surface area contributed by atoms with Crippen molar-refractivity contribution in [2.24, 2.45) is 0 Å². The molecule has 8 aromatic rings. The average molecular weight is 1130 g/mol. The van der Waals surface area contributed by atoms with Crippen molar-refractivity contribution in [1.29, 1.82) is 0 Å². The zero-order valence-corrected chi connectivity index (χ0v) is 50.0. The molecule has 2 heterocycles. The van der Waals surface area contributed by atoms with E-state index in [1.165, 1.54) is 24.3 Å². The van der Waals surface area contributed by atoms with E-state index in [-0.39, 0.29) is 199 Å². The van der Waals surface area contributed by atoms with Crippen molar-refractivity contribution in [3.8, 4) is 68.3 Å². The summed E-state index contributed by atoms with van der Waals surface area (Å²) in [4.78, 5) is 26.8. The van der Waals surface area contributed by atoms with Crippen LogP contribution in [0.3, 0.4) is 0 Å². The van der Waals surface area contributed by atoms with Gasteiger partial charge < -0.3 is 53.3 Å². The third-order valence-electron chi connectivity index (χ3n) is 9.64. The Kier molecular flexibility index (Phi) is 21.7. The van der Waals surface area contributed by atoms with Crippen molar-refractivity contribution < 1.29 is 205 Å². The molecule has 0 atom stereocenters. The number of hydrogen-bond donors (Lipinski definition) is 0. The van der Waals surface area contributed by atoms with Gasteiger partial charge in [0.25, 0.3) is 41.6 Å². The third kappa shape index (κ3) is 17.1. The van der Waals surface area contributed by atoms with E-state index >= 15 is 0 Å². The summed E-state index contributed by atoms with van der Waals surface area (Å²) >= 11 is 0. The summed E-state index contributed by atoms with van der Waals surface area (Å²) < 4.78 is 176. The van der Waals surface area contributed by atoms with Crippen LogP contribution in [0.2, 0.25) is 0 Å². The molecule has 0 amide bonds. The van der Waals surface area contributed by atoms with Gasteiger partial charge in [-0.3, -0.25) is 9.59 Å². The van der Waals surface area contributed by atoms with Crippen LogP contribution < -0.4 is 155 Å². The fraction of sp³-hybridized carbons (Fsp3) is 0.0455. The van der Waals surface area contributed by atoms with Crippen molar-refractivity contribution in [3.63, 3.8) is 0 Å². The third-order valence-corrected chi connectivity index (χ3v) is 11.2. The summed E-state index contributed by atoms with van der Waals surface area (Å²) in [5.74, 6) is -2.24. The second-order valence-corrected chi connectivity index (χ2v) is 18.5. The Morgan fingerprint density at radius 2 is 0.649 bits per heavy atom. The Balaban J connectivity index is 0.00000296. The first kappa shape index (κ1) is 62.7. The summed E-state index contributed by atoms with van der Waals surface area (Å²) in [5, 5.41) is -0.286. The van der Waals surface area contributed by atoms with E-state index in [0.29, 0.717) is 11.1 Å². The molecule has 362 valence electrons. The molecular formula is C44H26Na4O22S4. The molecule has 22 nitrogen and oxygen atoms in total. The van der Waals surface area contributed by atoms with E-state index in [9.17, 15) is 61.5 Å². The van der Waals surface area contributed by atoms with Crippen LogP contribution in [-0.4, -0.2) is 51.9 Å². The van der Waals surface area contributed by atoms with Crippen LogP contribution in [0.4, 0.5) is 0 Å². The van der Waals surface area contributed by atoms with Gasteiger partial charge in [-0.25, -0.2) is 33.7 Å². The van der Waals surface area contributed by atoms with Crippen LogP contribution in [0.25, 0.3) is 55.7 Å². The van der Waals surface area contributed by atoms with Crippen LogP contribution in [0.15, 0.2) is 152 Å². The summed E-state index contributed by atoms with van der Waals surface area (Å²) in [5.41, 5.74) is 1.28. The van der Waals surface area contributed by atoms with Gasteiger partial charge >= 0.3 is 118 Å². The summed E-state index contributed by atoms with van der Waals surface area (Å²) in [7, 11) is -20.7. The normalized spacial score (nSPS) is 11.5. The monoisotopic (exact) mass is 1130 g/mol. The molecule has 74 heavy (non-hydrogen) atoms. The SMILES string of the molecule is O=c1cc(-c2ccc(OS(=O)(=O)[O-])cc2)oc2cc(OS(=O)(=O)[O-])cc(OCc3ccc(-c4ccc(COc5cc(OS(=O)(=O)[O-])cc6oc(-c7ccc(OS(=O)(=O)[O-])cc7)cc(=O)c56)cc4)cc3)c12.[Na+].[Na+].[Na+].[Na+]. The predicted molar refractivity (Wildman–Crippen MR) is 238 cm³/mol. The Morgan fingerprint density at radius 3 is 0.946 bits per heavy atom. The topological polar surface area (TPSA) is 345 Å². The molecule has 0 bridgehead atoms. The molecular weight excluding hydrogens is 1100 g/mol. The molecule has 8 rings (SSSR count). The maximum atomic E-state index is 13.4. The molecule has 0 aliphatic heterocycles. The Bertz CT molecular complexity index is 3660. The quantitative estimate of drug-likeness (QED) is 0.0465. The number of ether oxygens (including phenoxy) is 2. The second-order valence-electron chi connectivity index (χ2n) is 14.5. The largest absolute Gasteiger partial charge is 1.00 e. The van der Waals surface area contributed by atoms with E-state index in [1.807, 2.05) is 0 Å². The Hall–Kier alpha value is -3.82. The molecule has 30 heteroatoms. The minimum absolute atomic E-state index is 0.